The smallest absolute Gasteiger partial charge is 0.326 e. The number of para-hydroxylation sites is 2. The molecular formula is C15H16N2O4. The van der Waals surface area contributed by atoms with Crippen molar-refractivity contribution in [3.8, 4) is 0 Å². The van der Waals surface area contributed by atoms with Crippen LogP contribution in [0.25, 0.3) is 17.2 Å². The van der Waals surface area contributed by atoms with Crippen molar-refractivity contribution in [3.05, 3.63) is 36.2 Å². The number of nitrogens with one attached hydrogen (secondary N) is 1. The second kappa shape index (κ2) is 6.21. The van der Waals surface area contributed by atoms with Crippen LogP contribution in [0, 0.1) is 5.92 Å². The van der Waals surface area contributed by atoms with Gasteiger partial charge in [0, 0.05) is 12.2 Å². The molecule has 1 unspecified atom stereocenters. The van der Waals surface area contributed by atoms with Gasteiger partial charge in [0.25, 0.3) is 0 Å². The van der Waals surface area contributed by atoms with E-state index in [0.29, 0.717) is 17.0 Å². The van der Waals surface area contributed by atoms with Crippen molar-refractivity contribution in [2.24, 2.45) is 5.92 Å². The molecular weight excluding hydrogens is 272 g/mol. The lowest BCUT2D eigenvalue weighted by molar-refractivity contribution is -0.142. The quantitative estimate of drug-likeness (QED) is 0.822. The lowest BCUT2D eigenvalue weighted by Crippen LogP contribution is -2.43. The number of hydrogen-bond donors (Lipinski definition) is 2. The van der Waals surface area contributed by atoms with Gasteiger partial charge in [0.15, 0.2) is 5.58 Å². The van der Waals surface area contributed by atoms with Crippen LogP contribution in [-0.4, -0.2) is 28.0 Å². The topological polar surface area (TPSA) is 92.4 Å². The van der Waals surface area contributed by atoms with Crippen LogP contribution in [-0.2, 0) is 9.59 Å². The Morgan fingerprint density at radius 2 is 2.05 bits per heavy atom. The van der Waals surface area contributed by atoms with Gasteiger partial charge in [-0.1, -0.05) is 26.0 Å². The summed E-state index contributed by atoms with van der Waals surface area (Å²) in [6.45, 7) is 3.45. The molecule has 21 heavy (non-hydrogen) atoms. The molecule has 2 N–H and O–H groups in total. The first-order valence-corrected chi connectivity index (χ1v) is 6.54. The number of fused-ring (bicyclic) bond motifs is 1. The minimum atomic E-state index is -1.06. The highest BCUT2D eigenvalue weighted by Crippen LogP contribution is 2.15. The fourth-order valence-electron chi connectivity index (χ4n) is 1.82. The van der Waals surface area contributed by atoms with E-state index < -0.39 is 17.9 Å². The maximum absolute atomic E-state index is 11.7. The Labute approximate surface area is 121 Å². The van der Waals surface area contributed by atoms with E-state index in [1.165, 1.54) is 12.2 Å². The minimum Gasteiger partial charge on any atom is -0.480 e. The highest BCUT2D eigenvalue weighted by atomic mass is 16.4. The lowest BCUT2D eigenvalue weighted by Gasteiger charge is -2.16. The molecule has 1 atom stereocenters. The zero-order valence-electron chi connectivity index (χ0n) is 11.7. The van der Waals surface area contributed by atoms with Crippen LogP contribution in [0.1, 0.15) is 19.7 Å². The third-order valence-electron chi connectivity index (χ3n) is 2.92. The van der Waals surface area contributed by atoms with Crippen molar-refractivity contribution in [3.63, 3.8) is 0 Å². The number of rotatable bonds is 5. The summed E-state index contributed by atoms with van der Waals surface area (Å²) in [5.41, 5.74) is 1.33. The van der Waals surface area contributed by atoms with Crippen molar-refractivity contribution < 1.29 is 19.1 Å². The van der Waals surface area contributed by atoms with Crippen LogP contribution in [0.2, 0.25) is 0 Å². The number of aliphatic carboxylic acids is 1. The van der Waals surface area contributed by atoms with Gasteiger partial charge >= 0.3 is 5.97 Å². The molecule has 6 nitrogen and oxygen atoms in total. The second-order valence-electron chi connectivity index (χ2n) is 4.92. The maximum Gasteiger partial charge on any atom is 0.326 e. The Hall–Kier alpha value is -2.63. The van der Waals surface area contributed by atoms with Gasteiger partial charge < -0.3 is 14.8 Å². The van der Waals surface area contributed by atoms with E-state index in [-0.39, 0.29) is 5.92 Å². The number of hydrogen-bond acceptors (Lipinski definition) is 4. The molecule has 1 amide bonds. The summed E-state index contributed by atoms with van der Waals surface area (Å²) in [5.74, 6) is -1.47. The van der Waals surface area contributed by atoms with Crippen molar-refractivity contribution in [2.45, 2.75) is 19.9 Å². The summed E-state index contributed by atoms with van der Waals surface area (Å²) in [4.78, 5) is 26.9. The van der Waals surface area contributed by atoms with Crippen molar-refractivity contribution in [1.82, 2.24) is 10.3 Å². The van der Waals surface area contributed by atoms with Gasteiger partial charge in [-0.15, -0.1) is 0 Å². The van der Waals surface area contributed by atoms with Gasteiger partial charge in [-0.25, -0.2) is 9.78 Å². The normalized spacial score (nSPS) is 12.9. The Morgan fingerprint density at radius 1 is 1.33 bits per heavy atom. The number of nitrogens with zero attached hydrogens (tertiary/aromatic N) is 1. The Kier molecular flexibility index (Phi) is 4.37. The van der Waals surface area contributed by atoms with Gasteiger partial charge in [-0.05, 0) is 18.1 Å². The summed E-state index contributed by atoms with van der Waals surface area (Å²) in [5, 5.41) is 11.4. The van der Waals surface area contributed by atoms with Crippen LogP contribution in [0.15, 0.2) is 34.8 Å². The van der Waals surface area contributed by atoms with Crippen LogP contribution in [0.4, 0.5) is 0 Å². The first kappa shape index (κ1) is 14.8. The first-order valence-electron chi connectivity index (χ1n) is 6.54. The van der Waals surface area contributed by atoms with E-state index in [1.54, 1.807) is 26.0 Å². The average Bonchev–Trinajstić information content (AvgIpc) is 2.84. The molecule has 0 saturated heterocycles. The lowest BCUT2D eigenvalue weighted by atomic mass is 10.1. The number of benzene rings is 1. The molecule has 1 heterocycles. The zero-order valence-corrected chi connectivity index (χ0v) is 11.7. The molecule has 0 aliphatic rings. The molecule has 2 aromatic rings. The van der Waals surface area contributed by atoms with Crippen LogP contribution < -0.4 is 5.32 Å². The fourth-order valence-corrected chi connectivity index (χ4v) is 1.82. The molecule has 0 bridgehead atoms. The van der Waals surface area contributed by atoms with E-state index in [4.69, 9.17) is 9.52 Å². The van der Waals surface area contributed by atoms with Crippen molar-refractivity contribution >= 4 is 29.1 Å². The molecule has 0 aliphatic carbocycles. The average molecular weight is 288 g/mol. The number of carbonyl (C=O) groups is 2. The number of aromatic nitrogens is 1. The maximum atomic E-state index is 11.7. The zero-order chi connectivity index (χ0) is 15.4. The molecule has 0 fully saturated rings. The number of carboxylic acids is 1. The molecule has 1 aromatic heterocycles. The van der Waals surface area contributed by atoms with Gasteiger partial charge in [0.1, 0.15) is 11.6 Å². The molecule has 110 valence electrons. The summed E-state index contributed by atoms with van der Waals surface area (Å²) >= 11 is 0. The van der Waals surface area contributed by atoms with Gasteiger partial charge in [-0.3, -0.25) is 4.79 Å². The second-order valence-corrected chi connectivity index (χ2v) is 4.92. The summed E-state index contributed by atoms with van der Waals surface area (Å²) in [6.07, 6.45) is 2.62. The predicted molar refractivity (Wildman–Crippen MR) is 77.4 cm³/mol. The molecule has 0 saturated carbocycles. The monoisotopic (exact) mass is 288 g/mol. The highest BCUT2D eigenvalue weighted by Gasteiger charge is 2.22. The summed E-state index contributed by atoms with van der Waals surface area (Å²) < 4.78 is 5.42. The Bertz CT molecular complexity index is 655. The summed E-state index contributed by atoms with van der Waals surface area (Å²) in [7, 11) is 0. The molecule has 6 heteroatoms. The van der Waals surface area contributed by atoms with E-state index in [0.717, 1.165) is 0 Å². The molecule has 2 rings (SSSR count). The van der Waals surface area contributed by atoms with E-state index in [1.807, 2.05) is 12.1 Å². The van der Waals surface area contributed by atoms with E-state index in [9.17, 15) is 9.59 Å². The molecule has 0 spiro atoms. The van der Waals surface area contributed by atoms with Crippen molar-refractivity contribution in [1.29, 1.82) is 0 Å². The van der Waals surface area contributed by atoms with Gasteiger partial charge in [-0.2, -0.15) is 0 Å². The number of oxazole rings is 1. The van der Waals surface area contributed by atoms with Gasteiger partial charge in [0.2, 0.25) is 11.8 Å². The van der Waals surface area contributed by atoms with Crippen LogP contribution in [0.3, 0.4) is 0 Å². The number of carbonyl (C=O) groups excluding carboxylic acids is 1. The first-order chi connectivity index (χ1) is 9.97. The predicted octanol–water partition coefficient (Wildman–Crippen LogP) is 2.07. The van der Waals surface area contributed by atoms with Crippen LogP contribution >= 0.6 is 0 Å². The minimum absolute atomic E-state index is 0.204. The van der Waals surface area contributed by atoms with Crippen LogP contribution in [0.5, 0.6) is 0 Å². The molecule has 0 aliphatic heterocycles. The van der Waals surface area contributed by atoms with Gasteiger partial charge in [0.05, 0.1) is 0 Å². The number of carboxylic acid groups (broad SMARTS) is 1. The summed E-state index contributed by atoms with van der Waals surface area (Å²) in [6, 6.07) is 6.32. The highest BCUT2D eigenvalue weighted by molar-refractivity contribution is 5.94. The largest absolute Gasteiger partial charge is 0.480 e. The number of amides is 1. The molecule has 0 radical (unpaired) electrons. The third kappa shape index (κ3) is 3.68. The SMILES string of the molecule is CC(C)C(NC(=O)/C=C/c1nc2ccccc2o1)C(=O)O. The standard InChI is InChI=1S/C15H16N2O4/c1-9(2)14(15(19)20)17-12(18)7-8-13-16-10-5-3-4-6-11(10)21-13/h3-9,14H,1-2H3,(H,17,18)(H,19,20)/b8-7+. The fraction of sp³-hybridized carbons (Fsp3) is 0.267. The van der Waals surface area contributed by atoms with Crippen molar-refractivity contribution in [2.75, 3.05) is 0 Å². The Balaban J connectivity index is 2.06. The van der Waals surface area contributed by atoms with E-state index >= 15 is 0 Å². The third-order valence-corrected chi connectivity index (χ3v) is 2.92. The molecule has 1 aromatic carbocycles. The Morgan fingerprint density at radius 3 is 2.67 bits per heavy atom. The van der Waals surface area contributed by atoms with E-state index in [2.05, 4.69) is 10.3 Å².